The second-order valence-corrected chi connectivity index (χ2v) is 8.95. The molecule has 0 bridgehead atoms. The van der Waals surface area contributed by atoms with Crippen molar-refractivity contribution in [3.05, 3.63) is 76.4 Å². The number of halogens is 1. The van der Waals surface area contributed by atoms with Crippen LogP contribution in [0.1, 0.15) is 26.3 Å². The first-order valence-corrected chi connectivity index (χ1v) is 10.4. The lowest BCUT2D eigenvalue weighted by atomic mass is 10.2. The number of carbonyl (C=O) groups excluding carboxylic acids is 2. The number of hydrogen-bond acceptors (Lipinski definition) is 5. The summed E-state index contributed by atoms with van der Waals surface area (Å²) in [5.74, 6) is -2.39. The predicted octanol–water partition coefficient (Wildman–Crippen LogP) is 3.38. The van der Waals surface area contributed by atoms with Gasteiger partial charge in [-0.25, -0.2) is 12.8 Å². The third kappa shape index (κ3) is 3.67. The van der Waals surface area contributed by atoms with Crippen LogP contribution in [-0.4, -0.2) is 20.2 Å². The van der Waals surface area contributed by atoms with Crippen molar-refractivity contribution in [2.24, 2.45) is 5.73 Å². The normalized spacial score (nSPS) is 11.2. The lowest BCUT2D eigenvalue weighted by Crippen LogP contribution is -2.18. The van der Waals surface area contributed by atoms with Gasteiger partial charge in [-0.3, -0.25) is 9.59 Å². The molecule has 0 fully saturated rings. The van der Waals surface area contributed by atoms with Crippen molar-refractivity contribution in [1.82, 2.24) is 0 Å². The van der Waals surface area contributed by atoms with Crippen molar-refractivity contribution in [1.29, 1.82) is 0 Å². The number of carbonyl (C=O) groups is 2. The summed E-state index contributed by atoms with van der Waals surface area (Å²) in [5.41, 5.74) is 5.58. The maximum Gasteiger partial charge on any atom is 0.258 e. The lowest BCUT2D eigenvalue weighted by Gasteiger charge is -2.13. The highest BCUT2D eigenvalue weighted by molar-refractivity contribution is 7.93. The molecule has 0 radical (unpaired) electrons. The van der Waals surface area contributed by atoms with E-state index in [4.69, 9.17) is 5.73 Å². The van der Waals surface area contributed by atoms with E-state index < -0.39 is 27.5 Å². The fourth-order valence-corrected chi connectivity index (χ4v) is 5.47. The highest BCUT2D eigenvalue weighted by Gasteiger charge is 2.28. The first-order valence-electron chi connectivity index (χ1n) is 8.00. The molecule has 0 spiro atoms. The minimum Gasteiger partial charge on any atom is -0.366 e. The minimum atomic E-state index is -4.15. The summed E-state index contributed by atoms with van der Waals surface area (Å²) in [6.45, 7) is 1.72. The van der Waals surface area contributed by atoms with Crippen molar-refractivity contribution in [2.45, 2.75) is 16.0 Å². The first-order chi connectivity index (χ1) is 13.2. The molecule has 3 rings (SSSR count). The Morgan fingerprint density at radius 3 is 2.46 bits per heavy atom. The average Bonchev–Trinajstić information content (AvgIpc) is 3.13. The molecule has 0 atom stereocenters. The molecule has 1 heterocycles. The van der Waals surface area contributed by atoms with Gasteiger partial charge in [0.15, 0.2) is 0 Å². The average molecular weight is 418 g/mol. The quantitative estimate of drug-likeness (QED) is 0.662. The lowest BCUT2D eigenvalue weighted by molar-refractivity contribution is 0.0995. The van der Waals surface area contributed by atoms with Crippen LogP contribution in [0.15, 0.2) is 63.0 Å². The smallest absolute Gasteiger partial charge is 0.258 e. The van der Waals surface area contributed by atoms with Crippen LogP contribution >= 0.6 is 11.3 Å². The summed E-state index contributed by atoms with van der Waals surface area (Å²) in [7, 11) is -4.15. The van der Waals surface area contributed by atoms with Crippen LogP contribution < -0.4 is 11.1 Å². The van der Waals surface area contributed by atoms with E-state index >= 15 is 0 Å². The molecule has 0 saturated carbocycles. The first kappa shape index (κ1) is 19.7. The highest BCUT2D eigenvalue weighted by atomic mass is 32.2. The highest BCUT2D eigenvalue weighted by Crippen LogP contribution is 2.33. The molecule has 0 unspecified atom stereocenters. The molecule has 0 saturated heterocycles. The summed E-state index contributed by atoms with van der Waals surface area (Å²) >= 11 is 0.849. The summed E-state index contributed by atoms with van der Waals surface area (Å²) in [5, 5.41) is 3.90. The Bertz CT molecular complexity index is 1190. The van der Waals surface area contributed by atoms with Crippen LogP contribution in [-0.2, 0) is 9.84 Å². The summed E-state index contributed by atoms with van der Waals surface area (Å²) in [6.07, 6.45) is 0. The number of benzene rings is 2. The molecule has 0 aliphatic heterocycles. The van der Waals surface area contributed by atoms with E-state index in [-0.39, 0.29) is 25.9 Å². The van der Waals surface area contributed by atoms with Gasteiger partial charge < -0.3 is 11.1 Å². The van der Waals surface area contributed by atoms with Crippen LogP contribution in [0.4, 0.5) is 10.1 Å². The zero-order valence-corrected chi connectivity index (χ0v) is 16.2. The maximum absolute atomic E-state index is 13.9. The minimum absolute atomic E-state index is 0.0166. The van der Waals surface area contributed by atoms with Crippen molar-refractivity contribution in [3.63, 3.8) is 0 Å². The molecule has 0 aliphatic carbocycles. The number of hydrogen-bond donors (Lipinski definition) is 2. The summed E-state index contributed by atoms with van der Waals surface area (Å²) in [6, 6.07) is 11.0. The Balaban J connectivity index is 2.09. The molecule has 9 heteroatoms. The maximum atomic E-state index is 13.9. The third-order valence-corrected chi connectivity index (χ3v) is 7.23. The van der Waals surface area contributed by atoms with Gasteiger partial charge in [-0.05, 0) is 48.2 Å². The third-order valence-electron chi connectivity index (χ3n) is 3.93. The Morgan fingerprint density at radius 2 is 1.79 bits per heavy atom. The molecule has 1 aromatic heterocycles. The standard InChI is InChI=1S/C19H15FN2O4S2/c1-11-6-7-16(28(25,26)19-13(17(21)23)8-9-27-19)15(10-11)22-18(24)12-4-2-3-5-14(12)20/h2-10H,1H3,(H2,21,23)(H,22,24). The van der Waals surface area contributed by atoms with Crippen molar-refractivity contribution in [2.75, 3.05) is 5.32 Å². The van der Waals surface area contributed by atoms with Gasteiger partial charge in [-0.15, -0.1) is 11.3 Å². The van der Waals surface area contributed by atoms with Crippen LogP contribution in [0.5, 0.6) is 0 Å². The van der Waals surface area contributed by atoms with E-state index in [1.165, 1.54) is 41.8 Å². The number of primary amides is 1. The number of nitrogens with two attached hydrogens (primary N) is 1. The molecular formula is C19H15FN2O4S2. The van der Waals surface area contributed by atoms with Gasteiger partial charge in [0, 0.05) is 0 Å². The van der Waals surface area contributed by atoms with E-state index in [1.54, 1.807) is 13.0 Å². The predicted molar refractivity (Wildman–Crippen MR) is 104 cm³/mol. The number of anilines is 1. The fourth-order valence-electron chi connectivity index (χ4n) is 2.60. The van der Waals surface area contributed by atoms with E-state index in [2.05, 4.69) is 5.32 Å². The zero-order valence-electron chi connectivity index (χ0n) is 14.6. The van der Waals surface area contributed by atoms with Crippen LogP contribution in [0.25, 0.3) is 0 Å². The molecule has 144 valence electrons. The monoisotopic (exact) mass is 418 g/mol. The molecule has 0 aliphatic rings. The zero-order chi connectivity index (χ0) is 20.5. The molecular weight excluding hydrogens is 403 g/mol. The van der Waals surface area contributed by atoms with Gasteiger partial charge >= 0.3 is 0 Å². The van der Waals surface area contributed by atoms with Gasteiger partial charge in [0.2, 0.25) is 9.84 Å². The summed E-state index contributed by atoms with van der Waals surface area (Å²) < 4.78 is 39.9. The van der Waals surface area contributed by atoms with Crippen molar-refractivity contribution >= 4 is 38.7 Å². The van der Waals surface area contributed by atoms with Crippen LogP contribution in [0.2, 0.25) is 0 Å². The van der Waals surface area contributed by atoms with E-state index in [0.29, 0.717) is 5.56 Å². The molecule has 3 aromatic rings. The van der Waals surface area contributed by atoms with Gasteiger partial charge in [0.25, 0.3) is 11.8 Å². The number of nitrogens with one attached hydrogen (secondary N) is 1. The van der Waals surface area contributed by atoms with Crippen molar-refractivity contribution < 1.29 is 22.4 Å². The Hall–Kier alpha value is -3.04. The van der Waals surface area contributed by atoms with Gasteiger partial charge in [-0.1, -0.05) is 18.2 Å². The van der Waals surface area contributed by atoms with Gasteiger partial charge in [0.1, 0.15) is 10.0 Å². The number of rotatable bonds is 5. The molecule has 6 nitrogen and oxygen atoms in total. The van der Waals surface area contributed by atoms with Crippen LogP contribution in [0, 0.1) is 12.7 Å². The van der Waals surface area contributed by atoms with E-state index in [1.807, 2.05) is 0 Å². The number of amides is 2. The topological polar surface area (TPSA) is 106 Å². The number of sulfone groups is 1. The second kappa shape index (κ2) is 7.53. The number of thiophene rings is 1. The Kier molecular flexibility index (Phi) is 5.30. The molecule has 2 amide bonds. The molecule has 3 N–H and O–H groups in total. The largest absolute Gasteiger partial charge is 0.366 e. The van der Waals surface area contributed by atoms with E-state index in [0.717, 1.165) is 17.4 Å². The fraction of sp³-hybridized carbons (Fsp3) is 0.0526. The molecule has 2 aromatic carbocycles. The Labute approximate surface area is 164 Å². The summed E-state index contributed by atoms with van der Waals surface area (Å²) in [4.78, 5) is 23.8. The van der Waals surface area contributed by atoms with Gasteiger partial charge in [0.05, 0.1) is 21.7 Å². The van der Waals surface area contributed by atoms with Crippen LogP contribution in [0.3, 0.4) is 0 Å². The Morgan fingerprint density at radius 1 is 1.07 bits per heavy atom. The SMILES string of the molecule is Cc1ccc(S(=O)(=O)c2sccc2C(N)=O)c(NC(=O)c2ccccc2F)c1. The van der Waals surface area contributed by atoms with Gasteiger partial charge in [-0.2, -0.15) is 0 Å². The number of aryl methyl sites for hydroxylation is 1. The van der Waals surface area contributed by atoms with E-state index in [9.17, 15) is 22.4 Å². The van der Waals surface area contributed by atoms with Crippen molar-refractivity contribution in [3.8, 4) is 0 Å². The second-order valence-electron chi connectivity index (χ2n) is 5.92. The molecule has 28 heavy (non-hydrogen) atoms.